The van der Waals surface area contributed by atoms with Crippen molar-refractivity contribution in [3.8, 4) is 0 Å². The monoisotopic (exact) mass is 568 g/mol. The quantitative estimate of drug-likeness (QED) is 0.245. The van der Waals surface area contributed by atoms with Gasteiger partial charge >= 0.3 is 12.1 Å². The second-order valence-corrected chi connectivity index (χ2v) is 9.36. The highest BCUT2D eigenvalue weighted by Crippen LogP contribution is 2.49. The first-order chi connectivity index (χ1) is 17.9. The number of alkyl halides is 3. The molecule has 6 nitrogen and oxygen atoms in total. The number of nitrogens with one attached hydrogen (secondary N) is 1. The number of pyridine rings is 1. The summed E-state index contributed by atoms with van der Waals surface area (Å²) in [6.45, 7) is 3.39. The molecule has 0 radical (unpaired) electrons. The fraction of sp³-hybridized carbons (Fsp3) is 0.296. The van der Waals surface area contributed by atoms with E-state index in [9.17, 15) is 27.9 Å². The van der Waals surface area contributed by atoms with Crippen LogP contribution in [0.2, 0.25) is 10.2 Å². The van der Waals surface area contributed by atoms with Gasteiger partial charge in [0.1, 0.15) is 5.15 Å². The molecule has 2 atom stereocenters. The van der Waals surface area contributed by atoms with Crippen LogP contribution in [0.5, 0.6) is 0 Å². The van der Waals surface area contributed by atoms with Gasteiger partial charge in [-0.2, -0.15) is 13.2 Å². The molecule has 1 heterocycles. The van der Waals surface area contributed by atoms with Crippen LogP contribution >= 0.6 is 23.2 Å². The molecule has 0 aliphatic heterocycles. The van der Waals surface area contributed by atoms with Gasteiger partial charge in [0.2, 0.25) is 0 Å². The van der Waals surface area contributed by atoms with E-state index in [0.29, 0.717) is 6.61 Å². The summed E-state index contributed by atoms with van der Waals surface area (Å²) in [6.07, 6.45) is -3.85. The number of aliphatic hydroxyl groups is 1. The highest BCUT2D eigenvalue weighted by Gasteiger charge is 2.59. The maximum absolute atomic E-state index is 14.1. The van der Waals surface area contributed by atoms with Crippen LogP contribution in [0.4, 0.5) is 13.2 Å². The van der Waals surface area contributed by atoms with Crippen molar-refractivity contribution in [2.45, 2.75) is 44.5 Å². The summed E-state index contributed by atoms with van der Waals surface area (Å²) < 4.78 is 47.3. The molecule has 0 aliphatic carbocycles. The van der Waals surface area contributed by atoms with Crippen LogP contribution in [-0.2, 0) is 28.1 Å². The maximum atomic E-state index is 14.1. The van der Waals surface area contributed by atoms with Crippen LogP contribution in [0, 0.1) is 0 Å². The first-order valence-corrected chi connectivity index (χ1v) is 12.3. The number of carbonyl (C=O) groups excluding carboxylic acids is 2. The summed E-state index contributed by atoms with van der Waals surface area (Å²) in [4.78, 5) is 27.9. The predicted molar refractivity (Wildman–Crippen MR) is 137 cm³/mol. The zero-order valence-electron chi connectivity index (χ0n) is 20.5. The Morgan fingerprint density at radius 1 is 1.05 bits per heavy atom. The van der Waals surface area contributed by atoms with Gasteiger partial charge in [0, 0.05) is 29.2 Å². The first-order valence-electron chi connectivity index (χ1n) is 11.6. The van der Waals surface area contributed by atoms with Gasteiger partial charge in [-0.15, -0.1) is 0 Å². The van der Waals surface area contributed by atoms with Gasteiger partial charge in [-0.3, -0.25) is 9.59 Å². The largest absolute Gasteiger partial charge is 0.466 e. The Balaban J connectivity index is 1.74. The van der Waals surface area contributed by atoms with E-state index in [1.165, 1.54) is 25.1 Å². The Hall–Kier alpha value is -3.14. The molecule has 0 fully saturated rings. The van der Waals surface area contributed by atoms with Gasteiger partial charge in [-0.25, -0.2) is 4.98 Å². The Kier molecular flexibility index (Phi) is 9.40. The molecule has 38 heavy (non-hydrogen) atoms. The minimum Gasteiger partial charge on any atom is -0.466 e. The van der Waals surface area contributed by atoms with Crippen molar-refractivity contribution in [1.82, 2.24) is 10.3 Å². The van der Waals surface area contributed by atoms with Gasteiger partial charge in [0.15, 0.2) is 5.60 Å². The number of carbonyl (C=O) groups is 2. The zero-order chi connectivity index (χ0) is 28.1. The molecule has 0 saturated heterocycles. The summed E-state index contributed by atoms with van der Waals surface area (Å²) in [5.74, 6) is -2.37. The van der Waals surface area contributed by atoms with Gasteiger partial charge in [0.25, 0.3) is 5.91 Å². The number of ether oxygens (including phenoxy) is 1. The third-order valence-corrected chi connectivity index (χ3v) is 6.62. The smallest absolute Gasteiger partial charge is 0.422 e. The lowest BCUT2D eigenvalue weighted by Crippen LogP contribution is -2.46. The third kappa shape index (κ3) is 6.64. The molecule has 0 unspecified atom stereocenters. The topological polar surface area (TPSA) is 88.5 Å². The van der Waals surface area contributed by atoms with E-state index in [0.717, 1.165) is 29.5 Å². The van der Waals surface area contributed by atoms with E-state index in [-0.39, 0.29) is 40.2 Å². The van der Waals surface area contributed by atoms with Gasteiger partial charge in [-0.05, 0) is 53.4 Å². The molecule has 0 aliphatic rings. The standard InChI is InChI=1S/C27H25Cl2F3N2O4/c1-3-38-24(35)12-17-4-6-18(7-5-17)15-34-25(36)19-8-9-21(22(28)13-19)16(2)26(37,27(30,31)32)20-10-11-33-23(29)14-20/h4-11,13-14,16,37H,3,12,15H2,1-2H3,(H,34,36)/t16-,26-/m1/s1. The van der Waals surface area contributed by atoms with Crippen LogP contribution in [0.15, 0.2) is 60.8 Å². The van der Waals surface area contributed by atoms with E-state index in [1.54, 1.807) is 31.2 Å². The van der Waals surface area contributed by atoms with Crippen molar-refractivity contribution in [2.75, 3.05) is 6.61 Å². The normalized spacial score (nSPS) is 13.9. The molecule has 0 spiro atoms. The Bertz CT molecular complexity index is 1300. The Morgan fingerprint density at radius 2 is 1.71 bits per heavy atom. The zero-order valence-corrected chi connectivity index (χ0v) is 22.0. The second-order valence-electron chi connectivity index (χ2n) is 8.57. The fourth-order valence-electron chi connectivity index (χ4n) is 3.98. The molecule has 11 heteroatoms. The molecule has 3 rings (SSSR count). The number of hydrogen-bond acceptors (Lipinski definition) is 5. The average molecular weight is 569 g/mol. The van der Waals surface area contributed by atoms with Gasteiger partial charge < -0.3 is 15.2 Å². The molecule has 0 bridgehead atoms. The highest BCUT2D eigenvalue weighted by molar-refractivity contribution is 6.31. The molecule has 1 aromatic heterocycles. The van der Waals surface area contributed by atoms with E-state index >= 15 is 0 Å². The number of aromatic nitrogens is 1. The number of amides is 1. The van der Waals surface area contributed by atoms with E-state index in [2.05, 4.69) is 10.3 Å². The Morgan fingerprint density at radius 3 is 2.29 bits per heavy atom. The summed E-state index contributed by atoms with van der Waals surface area (Å²) in [5, 5.41) is 13.3. The number of benzene rings is 2. The van der Waals surface area contributed by atoms with Gasteiger partial charge in [-0.1, -0.05) is 60.5 Å². The summed E-state index contributed by atoms with van der Waals surface area (Å²) in [5.41, 5.74) is -2.13. The number of nitrogens with zero attached hydrogens (tertiary/aromatic N) is 1. The summed E-state index contributed by atoms with van der Waals surface area (Å²) in [7, 11) is 0. The summed E-state index contributed by atoms with van der Waals surface area (Å²) >= 11 is 12.1. The molecule has 2 N–H and O–H groups in total. The predicted octanol–water partition coefficient (Wildman–Crippen LogP) is 5.98. The van der Waals surface area contributed by atoms with Crippen LogP contribution in [-0.4, -0.2) is 34.8 Å². The molecule has 0 saturated carbocycles. The average Bonchev–Trinajstić information content (AvgIpc) is 2.86. The molecule has 3 aromatic rings. The fourth-order valence-corrected chi connectivity index (χ4v) is 4.50. The molecule has 202 valence electrons. The van der Waals surface area contributed by atoms with E-state index in [1.807, 2.05) is 0 Å². The number of halogens is 5. The van der Waals surface area contributed by atoms with E-state index < -0.39 is 29.2 Å². The lowest BCUT2D eigenvalue weighted by Gasteiger charge is -2.37. The van der Waals surface area contributed by atoms with Crippen molar-refractivity contribution in [1.29, 1.82) is 0 Å². The molecule has 1 amide bonds. The Labute approximate surface area is 227 Å². The van der Waals surface area contributed by atoms with Crippen LogP contribution < -0.4 is 5.32 Å². The molecular weight excluding hydrogens is 544 g/mol. The van der Waals surface area contributed by atoms with Gasteiger partial charge in [0.05, 0.1) is 13.0 Å². The molecular formula is C27H25Cl2F3N2O4. The highest BCUT2D eigenvalue weighted by atomic mass is 35.5. The number of esters is 1. The molecule has 2 aromatic carbocycles. The maximum Gasteiger partial charge on any atom is 0.422 e. The van der Waals surface area contributed by atoms with Crippen molar-refractivity contribution < 1.29 is 32.6 Å². The van der Waals surface area contributed by atoms with Crippen molar-refractivity contribution in [2.24, 2.45) is 0 Å². The van der Waals surface area contributed by atoms with Crippen molar-refractivity contribution in [3.05, 3.63) is 98.8 Å². The third-order valence-electron chi connectivity index (χ3n) is 6.08. The SMILES string of the molecule is CCOC(=O)Cc1ccc(CNC(=O)c2ccc([C@@H](C)[C@@](O)(c3ccnc(Cl)c3)C(F)(F)F)c(Cl)c2)cc1. The number of rotatable bonds is 9. The van der Waals surface area contributed by atoms with Crippen molar-refractivity contribution >= 4 is 35.1 Å². The summed E-state index contributed by atoms with van der Waals surface area (Å²) in [6, 6.07) is 12.9. The van der Waals surface area contributed by atoms with Crippen LogP contribution in [0.3, 0.4) is 0 Å². The lowest BCUT2D eigenvalue weighted by molar-refractivity contribution is -0.274. The van der Waals surface area contributed by atoms with Crippen LogP contribution in [0.25, 0.3) is 0 Å². The lowest BCUT2D eigenvalue weighted by atomic mass is 9.78. The van der Waals surface area contributed by atoms with Crippen molar-refractivity contribution in [3.63, 3.8) is 0 Å². The van der Waals surface area contributed by atoms with Crippen LogP contribution in [0.1, 0.15) is 52.4 Å². The minimum atomic E-state index is -5.07. The van der Waals surface area contributed by atoms with E-state index in [4.69, 9.17) is 27.9 Å². The minimum absolute atomic E-state index is 0.00633. The number of hydrogen-bond donors (Lipinski definition) is 2. The first kappa shape index (κ1) is 29.4. The second kappa shape index (κ2) is 12.1.